The number of carbonyl (C=O) groups is 3. The fourth-order valence-corrected chi connectivity index (χ4v) is 9.43. The van der Waals surface area contributed by atoms with Gasteiger partial charge in [0, 0.05) is 6.07 Å². The Balaban J connectivity index is 1.34. The molecule has 2 amide bonds. The van der Waals surface area contributed by atoms with E-state index in [4.69, 9.17) is 23.7 Å². The lowest BCUT2D eigenvalue weighted by Crippen LogP contribution is -2.45. The van der Waals surface area contributed by atoms with E-state index in [1.807, 2.05) is 84.9 Å². The molecular weight excluding hydrogens is 692 g/mol. The van der Waals surface area contributed by atoms with E-state index >= 15 is 14.4 Å². The number of ether oxygens (including phenoxy) is 5. The highest BCUT2D eigenvalue weighted by molar-refractivity contribution is 6.39. The Bertz CT molecular complexity index is 2380. The van der Waals surface area contributed by atoms with Gasteiger partial charge < -0.3 is 23.7 Å². The van der Waals surface area contributed by atoms with Gasteiger partial charge in [-0.3, -0.25) is 24.5 Å². The molecule has 266 valence electrons. The zero-order chi connectivity index (χ0) is 36.9. The molecule has 5 aromatic carbocycles. The van der Waals surface area contributed by atoms with Crippen molar-refractivity contribution in [3.05, 3.63) is 148 Å². The number of rotatable bonds is 7. The number of non-ortho nitro benzene ring substituents is 1. The summed E-state index contributed by atoms with van der Waals surface area (Å²) in [6.45, 7) is 0.0422. The van der Waals surface area contributed by atoms with Gasteiger partial charge in [-0.2, -0.15) is 0 Å². The third-order valence-electron chi connectivity index (χ3n) is 11.4. The maximum absolute atomic E-state index is 16.3. The monoisotopic (exact) mass is 720 g/mol. The van der Waals surface area contributed by atoms with Gasteiger partial charge in [0.15, 0.2) is 28.8 Å². The van der Waals surface area contributed by atoms with Crippen LogP contribution >= 0.6 is 0 Å². The van der Waals surface area contributed by atoms with Gasteiger partial charge in [-0.05, 0) is 63.7 Å². The first-order valence-electron chi connectivity index (χ1n) is 17.2. The van der Waals surface area contributed by atoms with Crippen LogP contribution in [0.2, 0.25) is 0 Å². The first-order chi connectivity index (χ1) is 26.3. The van der Waals surface area contributed by atoms with Crippen molar-refractivity contribution in [1.82, 2.24) is 0 Å². The molecule has 12 heteroatoms. The predicted octanol–water partition coefficient (Wildman–Crippen LogP) is 6.25. The molecule has 4 atom stereocenters. The van der Waals surface area contributed by atoms with Gasteiger partial charge in [-0.25, -0.2) is 4.90 Å². The summed E-state index contributed by atoms with van der Waals surface area (Å²) < 4.78 is 28.6. The van der Waals surface area contributed by atoms with Crippen molar-refractivity contribution in [2.24, 2.45) is 11.8 Å². The Morgan fingerprint density at radius 2 is 1.13 bits per heavy atom. The van der Waals surface area contributed by atoms with Crippen LogP contribution in [0.1, 0.15) is 22.3 Å². The number of hydrogen-bond donors (Lipinski definition) is 0. The number of amides is 2. The highest BCUT2D eigenvalue weighted by Crippen LogP contribution is 2.75. The van der Waals surface area contributed by atoms with E-state index in [9.17, 15) is 10.1 Å². The molecule has 2 aliphatic carbocycles. The van der Waals surface area contributed by atoms with Gasteiger partial charge in [0.1, 0.15) is 5.75 Å². The van der Waals surface area contributed by atoms with Crippen molar-refractivity contribution in [1.29, 1.82) is 0 Å². The van der Waals surface area contributed by atoms with Crippen LogP contribution in [0.4, 0.5) is 11.4 Å². The van der Waals surface area contributed by atoms with Crippen molar-refractivity contribution in [2.45, 2.75) is 10.8 Å². The molecule has 0 N–H and O–H groups in total. The molecule has 0 radical (unpaired) electrons. The number of ketones is 1. The van der Waals surface area contributed by atoms with Gasteiger partial charge in [-0.1, -0.05) is 72.8 Å². The highest BCUT2D eigenvalue weighted by Gasteiger charge is 2.83. The van der Waals surface area contributed by atoms with Crippen molar-refractivity contribution in [3.8, 4) is 28.7 Å². The number of nitro benzene ring substituents is 1. The van der Waals surface area contributed by atoms with Gasteiger partial charge in [0.2, 0.25) is 25.4 Å². The minimum Gasteiger partial charge on any atom is -0.494 e. The summed E-state index contributed by atoms with van der Waals surface area (Å²) in [5.41, 5.74) is -0.301. The maximum Gasteiger partial charge on any atom is 0.273 e. The van der Waals surface area contributed by atoms with E-state index in [0.29, 0.717) is 56.4 Å². The Morgan fingerprint density at radius 1 is 0.648 bits per heavy atom. The standard InChI is InChI=1S/C42H28N2O10/c1-50-31-20-27(44(48)49)14-15-28(31)43-38(45)36-37(39(43)46)42(26-10-6-3-7-11-26)35(24-13-17-30-33(19-24)54-22-52-30)34(23-12-16-29-32(18-23)53-21-51-29)41(36,40(42)47)25-8-4-2-5-9-25/h2-20,36-37H,21-22H2,1H3/t36-,37-,41-,42-/m0/s1. The quantitative estimate of drug-likeness (QED) is 0.108. The number of carbonyl (C=O) groups excluding carboxylic acids is 3. The van der Waals surface area contributed by atoms with Crippen LogP contribution in [0, 0.1) is 22.0 Å². The number of nitro groups is 1. The van der Waals surface area contributed by atoms with Crippen LogP contribution in [0.15, 0.2) is 115 Å². The van der Waals surface area contributed by atoms with E-state index in [1.165, 1.54) is 25.3 Å². The third-order valence-corrected chi connectivity index (χ3v) is 11.4. The lowest BCUT2D eigenvalue weighted by molar-refractivity contribution is -0.384. The number of methoxy groups -OCH3 is 1. The molecule has 2 fully saturated rings. The second kappa shape index (κ2) is 11.3. The SMILES string of the molecule is COc1cc([N+](=O)[O-])ccc1N1C(=O)[C@@H]2[C@@H](C1=O)[C@@]1(c3ccccc3)C(=O)[C@@]2(c2ccccc2)C(c2ccc3c(c2)OCO3)=C1c1ccc2c(c1)OCO2. The number of allylic oxidation sites excluding steroid dienone is 2. The lowest BCUT2D eigenvalue weighted by atomic mass is 9.59. The number of imide groups is 1. The minimum absolute atomic E-state index is 0.0211. The van der Waals surface area contributed by atoms with Crippen LogP contribution < -0.4 is 28.6 Å². The van der Waals surface area contributed by atoms with Crippen LogP contribution in [0.3, 0.4) is 0 Å². The van der Waals surface area contributed by atoms with E-state index in [2.05, 4.69) is 0 Å². The van der Waals surface area contributed by atoms with E-state index in [0.717, 1.165) is 4.90 Å². The average Bonchev–Trinajstić information content (AvgIpc) is 4.01. The molecule has 0 unspecified atom stereocenters. The second-order valence-corrected chi connectivity index (χ2v) is 13.6. The van der Waals surface area contributed by atoms with Gasteiger partial charge >= 0.3 is 0 Å². The smallest absolute Gasteiger partial charge is 0.273 e. The average molecular weight is 721 g/mol. The van der Waals surface area contributed by atoms with Crippen molar-refractivity contribution in [3.63, 3.8) is 0 Å². The molecule has 12 nitrogen and oxygen atoms in total. The van der Waals surface area contributed by atoms with Gasteiger partial charge in [-0.15, -0.1) is 0 Å². The topological polar surface area (TPSA) is 144 Å². The number of hydrogen-bond acceptors (Lipinski definition) is 10. The first-order valence-corrected chi connectivity index (χ1v) is 17.2. The Hall–Kier alpha value is -6.95. The molecule has 10 rings (SSSR count). The largest absolute Gasteiger partial charge is 0.494 e. The molecule has 0 spiro atoms. The summed E-state index contributed by atoms with van der Waals surface area (Å²) in [6.07, 6.45) is 0. The third kappa shape index (κ3) is 3.88. The van der Waals surface area contributed by atoms with Crippen LogP contribution in [-0.4, -0.2) is 43.2 Å². The van der Waals surface area contributed by atoms with Crippen LogP contribution in [-0.2, 0) is 25.2 Å². The summed E-state index contributed by atoms with van der Waals surface area (Å²) in [7, 11) is 1.32. The van der Waals surface area contributed by atoms with E-state index in [1.54, 1.807) is 12.1 Å². The molecular formula is C42H28N2O10. The number of benzene rings is 5. The zero-order valence-electron chi connectivity index (χ0n) is 28.5. The molecule has 3 aliphatic heterocycles. The molecule has 0 aromatic heterocycles. The van der Waals surface area contributed by atoms with Crippen LogP contribution in [0.5, 0.6) is 28.7 Å². The summed E-state index contributed by atoms with van der Waals surface area (Å²) in [4.78, 5) is 59.2. The molecule has 5 aromatic rings. The summed E-state index contributed by atoms with van der Waals surface area (Å²) in [6, 6.07) is 32.8. The van der Waals surface area contributed by atoms with Crippen molar-refractivity contribution in [2.75, 3.05) is 25.6 Å². The summed E-state index contributed by atoms with van der Waals surface area (Å²) >= 11 is 0. The number of nitrogens with zero attached hydrogens (tertiary/aromatic N) is 2. The second-order valence-electron chi connectivity index (χ2n) is 13.6. The van der Waals surface area contributed by atoms with Gasteiger partial charge in [0.05, 0.1) is 46.5 Å². The normalized spacial score (nSPS) is 24.4. The minimum atomic E-state index is -1.71. The summed E-state index contributed by atoms with van der Waals surface area (Å²) in [5, 5.41) is 11.7. The van der Waals surface area contributed by atoms with E-state index in [-0.39, 0.29) is 36.5 Å². The Kier molecular flexibility index (Phi) is 6.63. The fraction of sp³-hybridized carbons (Fsp3) is 0.167. The predicted molar refractivity (Wildman–Crippen MR) is 192 cm³/mol. The Labute approximate surface area is 307 Å². The molecule has 1 saturated heterocycles. The van der Waals surface area contributed by atoms with Gasteiger partial charge in [0.25, 0.3) is 5.69 Å². The Morgan fingerprint density at radius 3 is 1.59 bits per heavy atom. The number of anilines is 1. The number of Topliss-reactive ketones (excluding diaryl/α,β-unsaturated/α-hetero) is 1. The lowest BCUT2D eigenvalue weighted by Gasteiger charge is -2.39. The summed E-state index contributed by atoms with van der Waals surface area (Å²) in [5.74, 6) is -2.08. The van der Waals surface area contributed by atoms with Crippen molar-refractivity contribution >= 4 is 40.1 Å². The zero-order valence-corrected chi connectivity index (χ0v) is 28.5. The molecule has 54 heavy (non-hydrogen) atoms. The van der Waals surface area contributed by atoms with Crippen LogP contribution in [0.25, 0.3) is 11.1 Å². The molecule has 3 heterocycles. The molecule has 5 aliphatic rings. The van der Waals surface area contributed by atoms with Crippen molar-refractivity contribution < 1.29 is 43.0 Å². The first kappa shape index (κ1) is 31.8. The molecule has 2 bridgehead atoms. The molecule has 1 saturated carbocycles. The van der Waals surface area contributed by atoms with E-state index < -0.39 is 39.4 Å². The fourth-order valence-electron chi connectivity index (χ4n) is 9.43. The maximum atomic E-state index is 16.3. The highest BCUT2D eigenvalue weighted by atomic mass is 16.7. The number of fused-ring (bicyclic) bond motifs is 7.